The molecule has 0 aliphatic heterocycles. The molecule has 0 saturated carbocycles. The molecule has 0 spiro atoms. The number of nitrogens with one attached hydrogen (secondary N) is 1. The average molecular weight is 300 g/mol. The highest BCUT2D eigenvalue weighted by Crippen LogP contribution is 2.20. The molecule has 0 amide bonds. The number of anilines is 1. The van der Waals surface area contributed by atoms with Gasteiger partial charge in [0.2, 0.25) is 5.95 Å². The van der Waals surface area contributed by atoms with E-state index in [0.29, 0.717) is 5.56 Å². The number of fused-ring (bicyclic) bond motifs is 1. The van der Waals surface area contributed by atoms with Gasteiger partial charge in [0.1, 0.15) is 0 Å². The van der Waals surface area contributed by atoms with Crippen molar-refractivity contribution in [1.29, 1.82) is 0 Å². The molecule has 0 bridgehead atoms. The largest absolute Gasteiger partial charge is 0.369 e. The maximum absolute atomic E-state index is 11.7. The van der Waals surface area contributed by atoms with Crippen LogP contribution >= 0.6 is 0 Å². The molecular formula is C13H12N6O3. The standard InChI is InChI=1S/C13H12N6O3/c14-13-16-11-10(12(20)17-13)15-7-18(11)6-9(19(21)22)8-4-2-1-3-5-8/h1-5,7,9H,6H2,(H3,14,16,17,20). The van der Waals surface area contributed by atoms with Crippen molar-refractivity contribution in [2.24, 2.45) is 0 Å². The molecule has 1 aromatic carbocycles. The molecule has 9 nitrogen and oxygen atoms in total. The predicted molar refractivity (Wildman–Crippen MR) is 78.7 cm³/mol. The number of hydrogen-bond donors (Lipinski definition) is 2. The molecule has 1 atom stereocenters. The number of nitrogen functional groups attached to an aromatic ring is 1. The number of aromatic nitrogens is 4. The molecule has 112 valence electrons. The number of imidazole rings is 1. The summed E-state index contributed by atoms with van der Waals surface area (Å²) >= 11 is 0. The van der Waals surface area contributed by atoms with Crippen molar-refractivity contribution in [3.8, 4) is 0 Å². The van der Waals surface area contributed by atoms with Crippen LogP contribution in [0.4, 0.5) is 5.95 Å². The van der Waals surface area contributed by atoms with Crippen LogP contribution in [0.25, 0.3) is 11.2 Å². The van der Waals surface area contributed by atoms with E-state index in [1.165, 1.54) is 10.9 Å². The summed E-state index contributed by atoms with van der Waals surface area (Å²) < 4.78 is 1.46. The summed E-state index contributed by atoms with van der Waals surface area (Å²) in [6.45, 7) is 0.00338. The lowest BCUT2D eigenvalue weighted by atomic mass is 10.1. The molecule has 0 radical (unpaired) electrons. The summed E-state index contributed by atoms with van der Waals surface area (Å²) in [7, 11) is 0. The molecule has 9 heteroatoms. The summed E-state index contributed by atoms with van der Waals surface area (Å²) in [5.74, 6) is -0.0587. The van der Waals surface area contributed by atoms with Crippen molar-refractivity contribution < 1.29 is 4.92 Å². The Hall–Kier alpha value is -3.23. The molecule has 0 aliphatic rings. The van der Waals surface area contributed by atoms with Gasteiger partial charge in [-0.15, -0.1) is 0 Å². The van der Waals surface area contributed by atoms with Crippen molar-refractivity contribution in [3.05, 3.63) is 62.7 Å². The van der Waals surface area contributed by atoms with E-state index >= 15 is 0 Å². The van der Waals surface area contributed by atoms with Gasteiger partial charge in [0.15, 0.2) is 11.2 Å². The zero-order chi connectivity index (χ0) is 15.7. The first-order valence-corrected chi connectivity index (χ1v) is 6.45. The molecule has 3 aromatic rings. The first-order chi connectivity index (χ1) is 10.6. The highest BCUT2D eigenvalue weighted by atomic mass is 16.6. The van der Waals surface area contributed by atoms with Crippen LogP contribution in [0.2, 0.25) is 0 Å². The Kier molecular flexibility index (Phi) is 3.30. The quantitative estimate of drug-likeness (QED) is 0.538. The summed E-state index contributed by atoms with van der Waals surface area (Å²) in [6.07, 6.45) is 1.35. The van der Waals surface area contributed by atoms with Crippen molar-refractivity contribution >= 4 is 17.1 Å². The van der Waals surface area contributed by atoms with Gasteiger partial charge in [0.05, 0.1) is 12.9 Å². The van der Waals surface area contributed by atoms with Crippen LogP contribution in [0, 0.1) is 10.1 Å². The molecular weight excluding hydrogens is 288 g/mol. The molecule has 0 aliphatic carbocycles. The smallest absolute Gasteiger partial charge is 0.280 e. The van der Waals surface area contributed by atoms with Crippen molar-refractivity contribution in [2.45, 2.75) is 12.6 Å². The molecule has 2 aromatic heterocycles. The number of benzene rings is 1. The predicted octanol–water partition coefficient (Wildman–Crippen LogP) is 0.720. The van der Waals surface area contributed by atoms with Gasteiger partial charge in [0, 0.05) is 10.5 Å². The van der Waals surface area contributed by atoms with Gasteiger partial charge in [-0.05, 0) is 0 Å². The second-order valence-electron chi connectivity index (χ2n) is 4.73. The summed E-state index contributed by atoms with van der Waals surface area (Å²) in [5, 5.41) is 11.4. The van der Waals surface area contributed by atoms with E-state index in [2.05, 4.69) is 15.0 Å². The maximum atomic E-state index is 11.7. The zero-order valence-corrected chi connectivity index (χ0v) is 11.3. The molecule has 0 fully saturated rings. The highest BCUT2D eigenvalue weighted by Gasteiger charge is 2.24. The highest BCUT2D eigenvalue weighted by molar-refractivity contribution is 5.70. The van der Waals surface area contributed by atoms with Crippen LogP contribution < -0.4 is 11.3 Å². The van der Waals surface area contributed by atoms with E-state index < -0.39 is 11.6 Å². The number of nitrogens with two attached hydrogens (primary N) is 1. The molecule has 3 rings (SSSR count). The van der Waals surface area contributed by atoms with Crippen molar-refractivity contribution in [1.82, 2.24) is 19.5 Å². The first-order valence-electron chi connectivity index (χ1n) is 6.45. The number of hydrogen-bond acceptors (Lipinski definition) is 6. The lowest BCUT2D eigenvalue weighted by Crippen LogP contribution is -2.18. The van der Waals surface area contributed by atoms with Gasteiger partial charge < -0.3 is 10.3 Å². The number of aromatic amines is 1. The SMILES string of the molecule is Nc1nc2c(ncn2CC(c2ccccc2)[N+](=O)[O-])c(=O)[nH]1. The molecule has 0 saturated heterocycles. The van der Waals surface area contributed by atoms with Crippen LogP contribution in [0.5, 0.6) is 0 Å². The average Bonchev–Trinajstić information content (AvgIpc) is 2.88. The van der Waals surface area contributed by atoms with E-state index in [1.54, 1.807) is 30.3 Å². The Balaban J connectivity index is 2.04. The van der Waals surface area contributed by atoms with E-state index in [4.69, 9.17) is 5.73 Å². The monoisotopic (exact) mass is 300 g/mol. The lowest BCUT2D eigenvalue weighted by molar-refractivity contribution is -0.531. The topological polar surface area (TPSA) is 133 Å². The van der Waals surface area contributed by atoms with Gasteiger partial charge in [0.25, 0.3) is 11.6 Å². The van der Waals surface area contributed by atoms with Crippen LogP contribution in [-0.2, 0) is 6.54 Å². The molecule has 3 N–H and O–H groups in total. The minimum Gasteiger partial charge on any atom is -0.369 e. The minimum atomic E-state index is -0.971. The Morgan fingerprint density at radius 3 is 2.77 bits per heavy atom. The van der Waals surface area contributed by atoms with Crippen molar-refractivity contribution in [3.63, 3.8) is 0 Å². The van der Waals surface area contributed by atoms with E-state index in [9.17, 15) is 14.9 Å². The zero-order valence-electron chi connectivity index (χ0n) is 11.3. The fraction of sp³-hybridized carbons (Fsp3) is 0.154. The van der Waals surface area contributed by atoms with Gasteiger partial charge in [-0.1, -0.05) is 30.3 Å². The van der Waals surface area contributed by atoms with Crippen LogP contribution in [0.15, 0.2) is 41.5 Å². The second kappa shape index (κ2) is 5.28. The summed E-state index contributed by atoms with van der Waals surface area (Å²) in [6, 6.07) is 7.65. The minimum absolute atomic E-state index is 0.00338. The van der Waals surface area contributed by atoms with Gasteiger partial charge in [-0.2, -0.15) is 4.98 Å². The Morgan fingerprint density at radius 2 is 2.09 bits per heavy atom. The fourth-order valence-corrected chi connectivity index (χ4v) is 2.26. The van der Waals surface area contributed by atoms with Crippen LogP contribution in [0.3, 0.4) is 0 Å². The Labute approximate surface area is 123 Å². The third-order valence-corrected chi connectivity index (χ3v) is 3.30. The Bertz CT molecular complexity index is 886. The van der Waals surface area contributed by atoms with Crippen LogP contribution in [0.1, 0.15) is 11.6 Å². The molecule has 22 heavy (non-hydrogen) atoms. The molecule has 1 unspecified atom stereocenters. The first kappa shape index (κ1) is 13.7. The summed E-state index contributed by atoms with van der Waals surface area (Å²) in [5.41, 5.74) is 5.93. The maximum Gasteiger partial charge on any atom is 0.280 e. The van der Waals surface area contributed by atoms with E-state index in [-0.39, 0.29) is 28.6 Å². The van der Waals surface area contributed by atoms with Gasteiger partial charge in [-0.3, -0.25) is 19.9 Å². The van der Waals surface area contributed by atoms with E-state index in [0.717, 1.165) is 0 Å². The summed E-state index contributed by atoms with van der Waals surface area (Å²) in [4.78, 5) is 33.0. The number of rotatable bonds is 4. The van der Waals surface area contributed by atoms with Gasteiger partial charge >= 0.3 is 0 Å². The molecule has 2 heterocycles. The second-order valence-corrected chi connectivity index (χ2v) is 4.73. The number of H-pyrrole nitrogens is 1. The Morgan fingerprint density at radius 1 is 1.36 bits per heavy atom. The normalized spacial score (nSPS) is 12.4. The van der Waals surface area contributed by atoms with E-state index in [1.807, 2.05) is 0 Å². The fourth-order valence-electron chi connectivity index (χ4n) is 2.26. The van der Waals surface area contributed by atoms with Gasteiger partial charge in [-0.25, -0.2) is 4.98 Å². The third kappa shape index (κ3) is 2.39. The van der Waals surface area contributed by atoms with Crippen molar-refractivity contribution in [2.75, 3.05) is 5.73 Å². The number of nitro groups is 1. The lowest BCUT2D eigenvalue weighted by Gasteiger charge is -2.10. The van der Waals surface area contributed by atoms with Crippen LogP contribution in [-0.4, -0.2) is 24.4 Å². The third-order valence-electron chi connectivity index (χ3n) is 3.30. The number of nitrogens with zero attached hydrogens (tertiary/aromatic N) is 4.